The molecule has 1 heterocycles. The molecule has 5 N–H and O–H groups in total. The van der Waals surface area contributed by atoms with E-state index in [4.69, 9.17) is 11.5 Å². The van der Waals surface area contributed by atoms with Gasteiger partial charge in [-0.05, 0) is 49.5 Å². The number of hydrogen-bond donors (Lipinski definition) is 3. The van der Waals surface area contributed by atoms with Crippen LogP contribution < -0.4 is 16.8 Å². The molecule has 0 saturated heterocycles. The van der Waals surface area contributed by atoms with Crippen LogP contribution in [-0.4, -0.2) is 16.9 Å². The van der Waals surface area contributed by atoms with Crippen molar-refractivity contribution in [2.75, 3.05) is 0 Å². The van der Waals surface area contributed by atoms with Crippen LogP contribution in [0, 0.1) is 5.92 Å². The molecule has 1 aromatic heterocycles. The Hall–Kier alpha value is -2.89. The first kappa shape index (κ1) is 17.9. The lowest BCUT2D eigenvalue weighted by Gasteiger charge is -2.23. The second kappa shape index (κ2) is 8.99. The van der Waals surface area contributed by atoms with Gasteiger partial charge >= 0.3 is 0 Å². The summed E-state index contributed by atoms with van der Waals surface area (Å²) in [5.41, 5.74) is 14.2. The molecule has 1 aromatic rings. The summed E-state index contributed by atoms with van der Waals surface area (Å²) in [5, 5.41) is 3.08. The zero-order valence-electron chi connectivity index (χ0n) is 14.9. The molecular weight excluding hydrogens is 324 g/mol. The molecule has 0 unspecified atom stereocenters. The Labute approximate surface area is 154 Å². The molecule has 1 saturated carbocycles. The van der Waals surface area contributed by atoms with E-state index in [0.29, 0.717) is 5.82 Å². The molecule has 2 aliphatic rings. The first-order valence-corrected chi connectivity index (χ1v) is 9.14. The van der Waals surface area contributed by atoms with Crippen LogP contribution in [0.3, 0.4) is 0 Å². The van der Waals surface area contributed by atoms with Gasteiger partial charge in [0.2, 0.25) is 11.9 Å². The summed E-state index contributed by atoms with van der Waals surface area (Å²) in [6.45, 7) is 0. The van der Waals surface area contributed by atoms with Gasteiger partial charge in [0, 0.05) is 11.9 Å². The van der Waals surface area contributed by atoms with Crippen LogP contribution in [0.2, 0.25) is 0 Å². The highest BCUT2D eigenvalue weighted by molar-refractivity contribution is 5.95. The normalized spacial score (nSPS) is 19.5. The minimum atomic E-state index is 0.0605. The van der Waals surface area contributed by atoms with Crippen molar-refractivity contribution >= 4 is 17.7 Å². The molecule has 0 atom stereocenters. The van der Waals surface area contributed by atoms with Crippen molar-refractivity contribution in [2.24, 2.45) is 27.4 Å². The van der Waals surface area contributed by atoms with Crippen LogP contribution >= 0.6 is 0 Å². The number of aliphatic imine (C=N–C) groups is 2. The quantitative estimate of drug-likeness (QED) is 0.575. The Bertz CT molecular complexity index is 752. The molecule has 1 fully saturated rings. The summed E-state index contributed by atoms with van der Waals surface area (Å²) in [4.78, 5) is 12.3. The zero-order chi connectivity index (χ0) is 18.2. The Morgan fingerprint density at radius 3 is 2.73 bits per heavy atom. The summed E-state index contributed by atoms with van der Waals surface area (Å²) in [7, 11) is 0. The third-order valence-electron chi connectivity index (χ3n) is 4.64. The van der Waals surface area contributed by atoms with Gasteiger partial charge in [-0.2, -0.15) is 9.98 Å². The van der Waals surface area contributed by atoms with Crippen LogP contribution in [0.25, 0.3) is 0 Å². The van der Waals surface area contributed by atoms with E-state index in [2.05, 4.69) is 38.5 Å². The first-order chi connectivity index (χ1) is 12.7. The number of rotatable bonds is 3. The number of pyridine rings is 1. The van der Waals surface area contributed by atoms with E-state index < -0.39 is 0 Å². The van der Waals surface area contributed by atoms with Gasteiger partial charge in [-0.25, -0.2) is 4.98 Å². The molecular formula is C20H26N6. The van der Waals surface area contributed by atoms with Crippen LogP contribution in [0.1, 0.15) is 38.5 Å². The monoisotopic (exact) mass is 350 g/mol. The maximum atomic E-state index is 5.95. The lowest BCUT2D eigenvalue weighted by atomic mass is 9.82. The largest absolute Gasteiger partial charge is 0.369 e. The molecule has 0 aromatic carbocycles. The van der Waals surface area contributed by atoms with Crippen molar-refractivity contribution in [3.05, 3.63) is 60.0 Å². The lowest BCUT2D eigenvalue weighted by molar-refractivity contribution is 0.399. The predicted molar refractivity (Wildman–Crippen MR) is 107 cm³/mol. The Kier molecular flexibility index (Phi) is 6.19. The molecule has 26 heavy (non-hydrogen) atoms. The van der Waals surface area contributed by atoms with Crippen LogP contribution in [0.4, 0.5) is 5.82 Å². The van der Waals surface area contributed by atoms with Crippen LogP contribution in [-0.2, 0) is 0 Å². The summed E-state index contributed by atoms with van der Waals surface area (Å²) < 4.78 is 0. The Morgan fingerprint density at radius 1 is 1.12 bits per heavy atom. The number of guanidine groups is 2. The third kappa shape index (κ3) is 5.31. The van der Waals surface area contributed by atoms with Crippen molar-refractivity contribution in [1.29, 1.82) is 0 Å². The summed E-state index contributed by atoms with van der Waals surface area (Å²) in [6, 6.07) is 5.40. The van der Waals surface area contributed by atoms with E-state index in [1.807, 2.05) is 18.2 Å². The topological polar surface area (TPSA) is 102 Å². The van der Waals surface area contributed by atoms with Gasteiger partial charge in [0.15, 0.2) is 5.82 Å². The van der Waals surface area contributed by atoms with Gasteiger partial charge in [0.05, 0.1) is 0 Å². The molecule has 2 aliphatic carbocycles. The molecule has 6 nitrogen and oxygen atoms in total. The van der Waals surface area contributed by atoms with E-state index in [1.165, 1.54) is 37.7 Å². The van der Waals surface area contributed by atoms with E-state index in [9.17, 15) is 0 Å². The van der Waals surface area contributed by atoms with Gasteiger partial charge in [-0.1, -0.05) is 43.1 Å². The fourth-order valence-electron chi connectivity index (χ4n) is 3.36. The highest BCUT2D eigenvalue weighted by Gasteiger charge is 2.17. The van der Waals surface area contributed by atoms with Crippen molar-refractivity contribution in [3.63, 3.8) is 0 Å². The van der Waals surface area contributed by atoms with Crippen molar-refractivity contribution in [2.45, 2.75) is 38.5 Å². The highest BCUT2D eigenvalue weighted by Crippen LogP contribution is 2.32. The standard InChI is InChI=1S/C20H26N6/c21-19(26-20(22)25-18-11-4-5-14-23-18)24-17-10-6-9-16(12-13-17)15-7-2-1-3-8-15/h4-6,10-15H,1-3,7-9H2,(H5,21,22,23,24,25,26). The molecule has 0 spiro atoms. The molecule has 0 aliphatic heterocycles. The molecule has 0 radical (unpaired) electrons. The fraction of sp³-hybridized carbons (Fsp3) is 0.350. The van der Waals surface area contributed by atoms with Gasteiger partial charge in [-0.15, -0.1) is 0 Å². The average molecular weight is 350 g/mol. The minimum absolute atomic E-state index is 0.0605. The maximum absolute atomic E-state index is 5.95. The van der Waals surface area contributed by atoms with E-state index in [-0.39, 0.29) is 11.9 Å². The van der Waals surface area contributed by atoms with Gasteiger partial charge in [0.1, 0.15) is 0 Å². The number of nitrogens with zero attached hydrogens (tertiary/aromatic N) is 3. The van der Waals surface area contributed by atoms with Crippen molar-refractivity contribution in [1.82, 2.24) is 10.3 Å². The third-order valence-corrected chi connectivity index (χ3v) is 4.64. The minimum Gasteiger partial charge on any atom is -0.369 e. The number of nitrogens with two attached hydrogens (primary N) is 2. The van der Waals surface area contributed by atoms with E-state index in [0.717, 1.165) is 18.0 Å². The SMILES string of the molecule is NC(=N\c1ccccn1)/N=C(\N)NC1=CC=C(C2CCCCC2)CC=C1. The Morgan fingerprint density at radius 2 is 1.96 bits per heavy atom. The van der Waals surface area contributed by atoms with E-state index in [1.54, 1.807) is 12.3 Å². The van der Waals surface area contributed by atoms with Gasteiger partial charge in [0.25, 0.3) is 0 Å². The molecule has 136 valence electrons. The van der Waals surface area contributed by atoms with Crippen LogP contribution in [0.15, 0.2) is 70.0 Å². The second-order valence-electron chi connectivity index (χ2n) is 6.58. The maximum Gasteiger partial charge on any atom is 0.225 e. The van der Waals surface area contributed by atoms with Crippen molar-refractivity contribution in [3.8, 4) is 0 Å². The fourth-order valence-corrected chi connectivity index (χ4v) is 3.36. The number of allylic oxidation sites excluding steroid dienone is 5. The van der Waals surface area contributed by atoms with E-state index >= 15 is 0 Å². The Balaban J connectivity index is 1.64. The van der Waals surface area contributed by atoms with Crippen molar-refractivity contribution < 1.29 is 0 Å². The first-order valence-electron chi connectivity index (χ1n) is 9.14. The van der Waals surface area contributed by atoms with Gasteiger partial charge < -0.3 is 16.8 Å². The molecule has 6 heteroatoms. The molecule has 0 bridgehead atoms. The zero-order valence-corrected chi connectivity index (χ0v) is 14.9. The van der Waals surface area contributed by atoms with Gasteiger partial charge in [-0.3, -0.25) is 0 Å². The van der Waals surface area contributed by atoms with Crippen LogP contribution in [0.5, 0.6) is 0 Å². The lowest BCUT2D eigenvalue weighted by Crippen LogP contribution is -2.32. The summed E-state index contributed by atoms with van der Waals surface area (Å²) in [6.07, 6.45) is 17.8. The number of nitrogens with one attached hydrogen (secondary N) is 1. The second-order valence-corrected chi connectivity index (χ2v) is 6.58. The number of aromatic nitrogens is 1. The smallest absolute Gasteiger partial charge is 0.225 e. The number of hydrogen-bond acceptors (Lipinski definition) is 2. The molecule has 0 amide bonds. The average Bonchev–Trinajstić information content (AvgIpc) is 2.88. The molecule has 3 rings (SSSR count). The predicted octanol–water partition coefficient (Wildman–Crippen LogP) is 3.28. The summed E-state index contributed by atoms with van der Waals surface area (Å²) in [5.74, 6) is 1.48. The highest BCUT2D eigenvalue weighted by atomic mass is 15.2. The summed E-state index contributed by atoms with van der Waals surface area (Å²) >= 11 is 0.